The lowest BCUT2D eigenvalue weighted by molar-refractivity contribution is 0.275. The molecular formula is C14H18FNO3S. The Morgan fingerprint density at radius 1 is 1.30 bits per heavy atom. The van der Waals surface area contributed by atoms with E-state index in [-0.39, 0.29) is 29.1 Å². The molecule has 1 aromatic carbocycles. The number of nitrogens with zero attached hydrogens (tertiary/aromatic N) is 1. The monoisotopic (exact) mass is 299 g/mol. The molecule has 6 heteroatoms. The van der Waals surface area contributed by atoms with Crippen LogP contribution in [0.1, 0.15) is 11.1 Å². The second-order valence-electron chi connectivity index (χ2n) is 4.27. The molecule has 1 aromatic rings. The van der Waals surface area contributed by atoms with Crippen molar-refractivity contribution in [3.63, 3.8) is 0 Å². The molecule has 1 rings (SSSR count). The zero-order chi connectivity index (χ0) is 15.3. The molecule has 0 atom stereocenters. The molecule has 20 heavy (non-hydrogen) atoms. The number of aliphatic hydroxyl groups excluding tert-OH is 1. The molecule has 0 aromatic heterocycles. The van der Waals surface area contributed by atoms with Gasteiger partial charge in [-0.2, -0.15) is 4.31 Å². The lowest BCUT2D eigenvalue weighted by atomic mass is 10.1. The van der Waals surface area contributed by atoms with Gasteiger partial charge in [0.15, 0.2) is 0 Å². The topological polar surface area (TPSA) is 57.6 Å². The number of aliphatic hydroxyl groups is 1. The first-order valence-electron chi connectivity index (χ1n) is 6.00. The highest BCUT2D eigenvalue weighted by Crippen LogP contribution is 2.22. The van der Waals surface area contributed by atoms with Crippen molar-refractivity contribution in [2.45, 2.75) is 18.4 Å². The van der Waals surface area contributed by atoms with Gasteiger partial charge in [-0.1, -0.05) is 12.2 Å². The summed E-state index contributed by atoms with van der Waals surface area (Å²) in [6.45, 7) is 8.18. The third-order valence-corrected chi connectivity index (χ3v) is 4.59. The fraction of sp³-hybridized carbons (Fsp3) is 0.286. The molecule has 0 heterocycles. The maximum absolute atomic E-state index is 13.7. The van der Waals surface area contributed by atoms with Gasteiger partial charge in [0.05, 0.1) is 11.5 Å². The fourth-order valence-electron chi connectivity index (χ4n) is 1.78. The van der Waals surface area contributed by atoms with Crippen LogP contribution in [0.2, 0.25) is 0 Å². The van der Waals surface area contributed by atoms with Crippen molar-refractivity contribution in [3.05, 3.63) is 54.4 Å². The summed E-state index contributed by atoms with van der Waals surface area (Å²) >= 11 is 0. The Morgan fingerprint density at radius 2 is 1.85 bits per heavy atom. The molecule has 0 spiro atoms. The second-order valence-corrected chi connectivity index (χ2v) is 6.21. The van der Waals surface area contributed by atoms with Crippen LogP contribution < -0.4 is 0 Å². The highest BCUT2D eigenvalue weighted by Gasteiger charge is 2.24. The molecule has 1 N–H and O–H groups in total. The minimum Gasteiger partial charge on any atom is -0.392 e. The molecule has 0 saturated heterocycles. The highest BCUT2D eigenvalue weighted by molar-refractivity contribution is 7.89. The van der Waals surface area contributed by atoms with Gasteiger partial charge < -0.3 is 5.11 Å². The zero-order valence-corrected chi connectivity index (χ0v) is 12.2. The Hall–Kier alpha value is -1.50. The Morgan fingerprint density at radius 3 is 2.30 bits per heavy atom. The maximum atomic E-state index is 13.7. The minimum atomic E-state index is -3.78. The van der Waals surface area contributed by atoms with Gasteiger partial charge >= 0.3 is 0 Å². The van der Waals surface area contributed by atoms with Gasteiger partial charge in [-0.05, 0) is 24.6 Å². The van der Waals surface area contributed by atoms with Gasteiger partial charge in [-0.25, -0.2) is 12.8 Å². The lowest BCUT2D eigenvalue weighted by Gasteiger charge is -2.20. The maximum Gasteiger partial charge on any atom is 0.243 e. The third kappa shape index (κ3) is 3.33. The SMILES string of the molecule is C=CCN(CC=C)S(=O)(=O)c1cc(C)c(F)c(CO)c1. The molecule has 0 radical (unpaired) electrons. The van der Waals surface area contributed by atoms with E-state index in [4.69, 9.17) is 5.11 Å². The van der Waals surface area contributed by atoms with Gasteiger partial charge in [0.25, 0.3) is 0 Å². The Labute approximate surface area is 118 Å². The van der Waals surface area contributed by atoms with Gasteiger partial charge in [-0.15, -0.1) is 13.2 Å². The van der Waals surface area contributed by atoms with E-state index in [9.17, 15) is 12.8 Å². The van der Waals surface area contributed by atoms with Gasteiger partial charge in [0.2, 0.25) is 10.0 Å². The summed E-state index contributed by atoms with van der Waals surface area (Å²) in [5.74, 6) is -0.592. The standard InChI is InChI=1S/C14H18FNO3S/c1-4-6-16(7-5-2)20(18,19)13-8-11(3)14(15)12(9-13)10-17/h4-5,8-9,17H,1-2,6-7,10H2,3H3. The quantitative estimate of drug-likeness (QED) is 0.783. The third-order valence-electron chi connectivity index (χ3n) is 2.78. The minimum absolute atomic E-state index is 0.0410. The summed E-state index contributed by atoms with van der Waals surface area (Å²) in [6, 6.07) is 2.40. The van der Waals surface area contributed by atoms with E-state index in [1.165, 1.54) is 29.4 Å². The highest BCUT2D eigenvalue weighted by atomic mass is 32.2. The number of sulfonamides is 1. The number of rotatable bonds is 7. The Kier molecular flexibility index (Phi) is 5.62. The van der Waals surface area contributed by atoms with Crippen molar-refractivity contribution in [2.24, 2.45) is 0 Å². The predicted octanol–water partition coefficient (Wildman–Crippen LogP) is 1.99. The number of hydrogen-bond acceptors (Lipinski definition) is 3. The molecular weight excluding hydrogens is 281 g/mol. The Balaban J connectivity index is 3.36. The molecule has 0 fully saturated rings. The second kappa shape index (κ2) is 6.78. The van der Waals surface area contributed by atoms with Crippen LogP contribution in [0.4, 0.5) is 4.39 Å². The molecule has 0 amide bonds. The van der Waals surface area contributed by atoms with E-state index in [1.807, 2.05) is 0 Å². The summed E-state index contributed by atoms with van der Waals surface area (Å²) in [4.78, 5) is -0.0517. The van der Waals surface area contributed by atoms with Crippen LogP contribution in [-0.4, -0.2) is 30.9 Å². The van der Waals surface area contributed by atoms with E-state index in [2.05, 4.69) is 13.2 Å². The van der Waals surface area contributed by atoms with E-state index < -0.39 is 22.4 Å². The molecule has 0 bridgehead atoms. The normalized spacial score (nSPS) is 11.6. The molecule has 110 valence electrons. The summed E-state index contributed by atoms with van der Waals surface area (Å²) in [5, 5.41) is 9.10. The van der Waals surface area contributed by atoms with Crippen LogP contribution in [0.15, 0.2) is 42.3 Å². The Bertz CT molecular complexity index is 601. The average Bonchev–Trinajstić information content (AvgIpc) is 2.41. The van der Waals surface area contributed by atoms with Crippen LogP contribution in [0.3, 0.4) is 0 Å². The predicted molar refractivity (Wildman–Crippen MR) is 76.2 cm³/mol. The molecule has 0 saturated carbocycles. The number of halogens is 1. The van der Waals surface area contributed by atoms with Crippen LogP contribution in [0, 0.1) is 12.7 Å². The number of hydrogen-bond donors (Lipinski definition) is 1. The molecule has 0 aliphatic heterocycles. The summed E-state index contributed by atoms with van der Waals surface area (Å²) < 4.78 is 39.8. The van der Waals surface area contributed by atoms with E-state index >= 15 is 0 Å². The zero-order valence-electron chi connectivity index (χ0n) is 11.3. The van der Waals surface area contributed by atoms with Crippen LogP contribution in [0.25, 0.3) is 0 Å². The smallest absolute Gasteiger partial charge is 0.243 e. The van der Waals surface area contributed by atoms with Gasteiger partial charge in [0, 0.05) is 18.7 Å². The van der Waals surface area contributed by atoms with Crippen LogP contribution in [0.5, 0.6) is 0 Å². The van der Waals surface area contributed by atoms with E-state index in [0.29, 0.717) is 0 Å². The molecule has 0 aliphatic rings. The van der Waals surface area contributed by atoms with Crippen molar-refractivity contribution in [2.75, 3.05) is 13.1 Å². The lowest BCUT2D eigenvalue weighted by Crippen LogP contribution is -2.31. The number of benzene rings is 1. The fourth-order valence-corrected chi connectivity index (χ4v) is 3.30. The first kappa shape index (κ1) is 16.6. The van der Waals surface area contributed by atoms with Crippen LogP contribution in [-0.2, 0) is 16.6 Å². The summed E-state index contributed by atoms with van der Waals surface area (Å²) in [7, 11) is -3.78. The largest absolute Gasteiger partial charge is 0.392 e. The number of aryl methyl sites for hydroxylation is 1. The molecule has 0 aliphatic carbocycles. The molecule has 0 unspecified atom stereocenters. The van der Waals surface area contributed by atoms with E-state index in [0.717, 1.165) is 6.07 Å². The first-order valence-corrected chi connectivity index (χ1v) is 7.44. The molecule has 4 nitrogen and oxygen atoms in total. The van der Waals surface area contributed by atoms with Gasteiger partial charge in [-0.3, -0.25) is 0 Å². The van der Waals surface area contributed by atoms with Crippen molar-refractivity contribution in [1.29, 1.82) is 0 Å². The van der Waals surface area contributed by atoms with Gasteiger partial charge in [0.1, 0.15) is 5.82 Å². The van der Waals surface area contributed by atoms with Crippen molar-refractivity contribution in [1.82, 2.24) is 4.31 Å². The van der Waals surface area contributed by atoms with Crippen molar-refractivity contribution in [3.8, 4) is 0 Å². The average molecular weight is 299 g/mol. The van der Waals surface area contributed by atoms with Crippen molar-refractivity contribution < 1.29 is 17.9 Å². The first-order chi connectivity index (χ1) is 9.38. The van der Waals surface area contributed by atoms with E-state index in [1.54, 1.807) is 0 Å². The summed E-state index contributed by atoms with van der Waals surface area (Å²) in [6.07, 6.45) is 2.93. The summed E-state index contributed by atoms with van der Waals surface area (Å²) in [5.41, 5.74) is 0.132. The van der Waals surface area contributed by atoms with Crippen molar-refractivity contribution >= 4 is 10.0 Å². The van der Waals surface area contributed by atoms with Crippen LogP contribution >= 0.6 is 0 Å².